The van der Waals surface area contributed by atoms with Crippen LogP contribution in [-0.4, -0.2) is 16.1 Å². The third kappa shape index (κ3) is 5.96. The number of alkyl halides is 3. The molecule has 1 aliphatic rings. The summed E-state index contributed by atoms with van der Waals surface area (Å²) in [6.45, 7) is 0.197. The smallest absolute Gasteiger partial charge is 0.416 e. The summed E-state index contributed by atoms with van der Waals surface area (Å²) in [7, 11) is 0. The van der Waals surface area contributed by atoms with E-state index >= 15 is 0 Å². The van der Waals surface area contributed by atoms with Gasteiger partial charge in [0.2, 0.25) is 0 Å². The number of amides is 2. The number of halogens is 3. The summed E-state index contributed by atoms with van der Waals surface area (Å²) in [6.07, 6.45) is -1.26. The molecule has 174 valence electrons. The summed E-state index contributed by atoms with van der Waals surface area (Å²) in [4.78, 5) is 27.8. The van der Waals surface area contributed by atoms with Crippen molar-refractivity contribution in [1.82, 2.24) is 10.3 Å². The molecule has 0 radical (unpaired) electrons. The minimum absolute atomic E-state index is 0.0176. The summed E-state index contributed by atoms with van der Waals surface area (Å²) in [6, 6.07) is 15.0. The van der Waals surface area contributed by atoms with Gasteiger partial charge in [0.05, 0.1) is 16.2 Å². The van der Waals surface area contributed by atoms with Crippen LogP contribution < -0.4 is 14.8 Å². The first-order chi connectivity index (χ1) is 16.3. The number of hydrogen-bond donors (Lipinski definition) is 1. The monoisotopic (exact) mass is 486 g/mol. The van der Waals surface area contributed by atoms with Gasteiger partial charge in [-0.15, -0.1) is 0 Å². The van der Waals surface area contributed by atoms with Crippen LogP contribution in [0.5, 0.6) is 11.5 Å². The second kappa shape index (κ2) is 10.0. The Kier molecular flexibility index (Phi) is 6.87. The summed E-state index contributed by atoms with van der Waals surface area (Å²) >= 11 is 0.767. The van der Waals surface area contributed by atoms with Crippen LogP contribution in [0.1, 0.15) is 22.4 Å². The number of nitrogens with zero attached hydrogens (tertiary/aromatic N) is 1. The molecule has 0 spiro atoms. The number of carbonyl (C=O) groups is 2. The van der Waals surface area contributed by atoms with Crippen LogP contribution in [0.4, 0.5) is 18.0 Å². The highest BCUT2D eigenvalue weighted by Crippen LogP contribution is 2.33. The van der Waals surface area contributed by atoms with Crippen LogP contribution in [0.15, 0.2) is 71.8 Å². The summed E-state index contributed by atoms with van der Waals surface area (Å²) in [5.74, 6) is 0.285. The number of hydrogen-bond acceptors (Lipinski definition) is 6. The number of rotatable bonds is 7. The third-order valence-corrected chi connectivity index (χ3v) is 5.51. The van der Waals surface area contributed by atoms with Crippen molar-refractivity contribution in [2.45, 2.75) is 19.4 Å². The number of thioether (sulfide) groups is 1. The van der Waals surface area contributed by atoms with E-state index in [4.69, 9.17) is 9.47 Å². The van der Waals surface area contributed by atoms with Crippen LogP contribution in [0, 0.1) is 0 Å². The van der Waals surface area contributed by atoms with Gasteiger partial charge < -0.3 is 9.47 Å². The molecular weight excluding hydrogens is 469 g/mol. The van der Waals surface area contributed by atoms with Gasteiger partial charge in [-0.25, -0.2) is 0 Å². The Bertz CT molecular complexity index is 1230. The normalized spacial score (nSPS) is 14.9. The summed E-state index contributed by atoms with van der Waals surface area (Å²) < 4.78 is 50.0. The molecular formula is C24H17F3N2O4S. The summed E-state index contributed by atoms with van der Waals surface area (Å²) in [5, 5.41) is 1.71. The zero-order chi connectivity index (χ0) is 24.1. The molecule has 1 N–H and O–H groups in total. The molecule has 0 aliphatic carbocycles. The second-order valence-corrected chi connectivity index (χ2v) is 8.16. The van der Waals surface area contributed by atoms with Gasteiger partial charge in [0.1, 0.15) is 24.7 Å². The van der Waals surface area contributed by atoms with Crippen LogP contribution in [0.25, 0.3) is 6.08 Å². The largest absolute Gasteiger partial charge is 0.488 e. The van der Waals surface area contributed by atoms with E-state index < -0.39 is 22.9 Å². The molecule has 34 heavy (non-hydrogen) atoms. The molecule has 1 saturated heterocycles. The minimum Gasteiger partial charge on any atom is -0.488 e. The van der Waals surface area contributed by atoms with Crippen LogP contribution >= 0.6 is 11.8 Å². The minimum atomic E-state index is -4.42. The average molecular weight is 486 g/mol. The van der Waals surface area contributed by atoms with Gasteiger partial charge in [-0.2, -0.15) is 13.2 Å². The lowest BCUT2D eigenvalue weighted by Gasteiger charge is -2.13. The zero-order valence-electron chi connectivity index (χ0n) is 17.5. The lowest BCUT2D eigenvalue weighted by atomic mass is 10.1. The Morgan fingerprint density at radius 2 is 1.76 bits per heavy atom. The molecule has 4 rings (SSSR count). The van der Waals surface area contributed by atoms with Crippen molar-refractivity contribution in [3.05, 3.63) is 94.1 Å². The standard InChI is InChI=1S/C24H17F3N2O4S/c25-24(26,27)17-7-4-15(5-8-17)13-33-20-12-19(32-14-18-3-1-2-10-28-18)9-6-16(20)11-21-22(30)29-23(31)34-21/h1-12H,13-14H2,(H,29,30,31)/b21-11-. The molecule has 0 bridgehead atoms. The quantitative estimate of drug-likeness (QED) is 0.439. The predicted octanol–water partition coefficient (Wildman–Crippen LogP) is 5.58. The van der Waals surface area contributed by atoms with E-state index in [-0.39, 0.29) is 18.1 Å². The highest BCUT2D eigenvalue weighted by molar-refractivity contribution is 8.18. The second-order valence-electron chi connectivity index (χ2n) is 7.14. The number of nitrogens with one attached hydrogen (secondary N) is 1. The van der Waals surface area contributed by atoms with Crippen LogP contribution in [0.3, 0.4) is 0 Å². The first-order valence-corrected chi connectivity index (χ1v) is 10.8. The molecule has 0 atom stereocenters. The maximum atomic E-state index is 12.8. The van der Waals surface area contributed by atoms with Crippen molar-refractivity contribution in [3.8, 4) is 11.5 Å². The topological polar surface area (TPSA) is 77.5 Å². The average Bonchev–Trinajstić information content (AvgIpc) is 3.14. The van der Waals surface area contributed by atoms with E-state index in [1.165, 1.54) is 18.2 Å². The van der Waals surface area contributed by atoms with Crippen LogP contribution in [-0.2, 0) is 24.2 Å². The highest BCUT2D eigenvalue weighted by Gasteiger charge is 2.30. The van der Waals surface area contributed by atoms with Gasteiger partial charge in [0.15, 0.2) is 0 Å². The van der Waals surface area contributed by atoms with Crippen molar-refractivity contribution < 1.29 is 32.2 Å². The molecule has 0 saturated carbocycles. The molecule has 2 heterocycles. The lowest BCUT2D eigenvalue weighted by molar-refractivity contribution is -0.137. The lowest BCUT2D eigenvalue weighted by Crippen LogP contribution is -2.17. The number of pyridine rings is 1. The van der Waals surface area contributed by atoms with Gasteiger partial charge in [-0.05, 0) is 59.8 Å². The Hall–Kier alpha value is -3.79. The van der Waals surface area contributed by atoms with E-state index in [1.807, 2.05) is 12.1 Å². The fourth-order valence-electron chi connectivity index (χ4n) is 3.00. The first-order valence-electron chi connectivity index (χ1n) is 9.98. The Morgan fingerprint density at radius 1 is 0.971 bits per heavy atom. The Morgan fingerprint density at radius 3 is 2.41 bits per heavy atom. The Labute approximate surface area is 196 Å². The molecule has 1 aliphatic heterocycles. The highest BCUT2D eigenvalue weighted by atomic mass is 32.2. The van der Waals surface area contributed by atoms with Crippen molar-refractivity contribution >= 4 is 29.0 Å². The molecule has 6 nitrogen and oxygen atoms in total. The van der Waals surface area contributed by atoms with Gasteiger partial charge >= 0.3 is 6.18 Å². The first kappa shape index (κ1) is 23.4. The van der Waals surface area contributed by atoms with E-state index in [0.29, 0.717) is 22.6 Å². The van der Waals surface area contributed by atoms with Crippen molar-refractivity contribution in [2.75, 3.05) is 0 Å². The van der Waals surface area contributed by atoms with Gasteiger partial charge in [-0.1, -0.05) is 18.2 Å². The summed E-state index contributed by atoms with van der Waals surface area (Å²) in [5.41, 5.74) is 0.998. The maximum absolute atomic E-state index is 12.8. The van der Waals surface area contributed by atoms with Crippen molar-refractivity contribution in [3.63, 3.8) is 0 Å². The molecule has 1 fully saturated rings. The Balaban J connectivity index is 1.55. The molecule has 2 amide bonds. The third-order valence-electron chi connectivity index (χ3n) is 4.70. The fourth-order valence-corrected chi connectivity index (χ4v) is 3.68. The molecule has 1 aromatic heterocycles. The van der Waals surface area contributed by atoms with Crippen molar-refractivity contribution in [2.24, 2.45) is 0 Å². The number of benzene rings is 2. The van der Waals surface area contributed by atoms with E-state index in [2.05, 4.69) is 10.3 Å². The number of imide groups is 1. The van der Waals surface area contributed by atoms with Gasteiger partial charge in [0.25, 0.3) is 11.1 Å². The van der Waals surface area contributed by atoms with E-state index in [0.717, 1.165) is 29.6 Å². The predicted molar refractivity (Wildman–Crippen MR) is 120 cm³/mol. The molecule has 3 aromatic rings. The van der Waals surface area contributed by atoms with Crippen molar-refractivity contribution in [1.29, 1.82) is 0 Å². The molecule has 2 aromatic carbocycles. The van der Waals surface area contributed by atoms with E-state index in [9.17, 15) is 22.8 Å². The molecule has 10 heteroatoms. The number of aromatic nitrogens is 1. The fraction of sp³-hybridized carbons (Fsp3) is 0.125. The maximum Gasteiger partial charge on any atom is 0.416 e. The van der Waals surface area contributed by atoms with Crippen LogP contribution in [0.2, 0.25) is 0 Å². The van der Waals surface area contributed by atoms with E-state index in [1.54, 1.807) is 30.5 Å². The van der Waals surface area contributed by atoms with Gasteiger partial charge in [-0.3, -0.25) is 19.9 Å². The van der Waals surface area contributed by atoms with Gasteiger partial charge in [0, 0.05) is 17.8 Å². The zero-order valence-corrected chi connectivity index (χ0v) is 18.3. The number of carbonyl (C=O) groups excluding carboxylic acids is 2. The molecule has 0 unspecified atom stereocenters. The SMILES string of the molecule is O=C1NC(=O)/C(=C/c2ccc(OCc3ccccn3)cc2OCc2ccc(C(F)(F)F)cc2)S1. The number of ether oxygens (including phenoxy) is 2.